The Morgan fingerprint density at radius 3 is 2.67 bits per heavy atom. The summed E-state index contributed by atoms with van der Waals surface area (Å²) in [6.45, 7) is 2.72. The Morgan fingerprint density at radius 1 is 1.03 bits per heavy atom. The normalized spacial score (nSPS) is 11.5. The van der Waals surface area contributed by atoms with Gasteiger partial charge in [0.2, 0.25) is 0 Å². The molecular weight excluding hydrogens is 380 g/mol. The van der Waals surface area contributed by atoms with E-state index in [0.29, 0.717) is 29.7 Å². The van der Waals surface area contributed by atoms with Crippen molar-refractivity contribution in [3.63, 3.8) is 0 Å². The summed E-state index contributed by atoms with van der Waals surface area (Å²) >= 11 is 0. The number of aryl methyl sites for hydroxylation is 2. The monoisotopic (exact) mass is 400 g/mol. The number of rotatable bonds is 4. The van der Waals surface area contributed by atoms with Gasteiger partial charge in [-0.15, -0.1) is 0 Å². The van der Waals surface area contributed by atoms with Crippen LogP contribution in [0.5, 0.6) is 0 Å². The summed E-state index contributed by atoms with van der Waals surface area (Å²) in [4.78, 5) is 30.2. The number of para-hydroxylation sites is 2. The van der Waals surface area contributed by atoms with Crippen LogP contribution in [0.15, 0.2) is 59.5 Å². The number of nitrogens with zero attached hydrogens (tertiary/aromatic N) is 5. The molecule has 0 atom stereocenters. The largest absolute Gasteiger partial charge is 0.345 e. The van der Waals surface area contributed by atoms with Crippen molar-refractivity contribution < 1.29 is 4.79 Å². The van der Waals surface area contributed by atoms with E-state index in [-0.39, 0.29) is 11.5 Å². The van der Waals surface area contributed by atoms with E-state index in [1.54, 1.807) is 33.5 Å². The number of hydrogen-bond acceptors (Lipinski definition) is 4. The highest BCUT2D eigenvalue weighted by Crippen LogP contribution is 2.17. The third-order valence-corrected chi connectivity index (χ3v) is 5.47. The Kier molecular flexibility index (Phi) is 4.13. The second-order valence-corrected chi connectivity index (χ2v) is 7.14. The van der Waals surface area contributed by atoms with Crippen LogP contribution in [0.3, 0.4) is 0 Å². The SMILES string of the molecule is CCn1c(=O)c2ccnn2c2ccc(C(=O)NCc3nc4ccccc4n3C)cc21. The van der Waals surface area contributed by atoms with Gasteiger partial charge >= 0.3 is 0 Å². The highest BCUT2D eigenvalue weighted by molar-refractivity contribution is 5.97. The van der Waals surface area contributed by atoms with Crippen LogP contribution in [-0.4, -0.2) is 29.6 Å². The zero-order valence-electron chi connectivity index (χ0n) is 16.7. The van der Waals surface area contributed by atoms with Crippen molar-refractivity contribution >= 4 is 33.5 Å². The first-order valence-corrected chi connectivity index (χ1v) is 9.77. The van der Waals surface area contributed by atoms with E-state index in [1.165, 1.54) is 0 Å². The van der Waals surface area contributed by atoms with Crippen LogP contribution in [0.2, 0.25) is 0 Å². The molecule has 8 nitrogen and oxygen atoms in total. The lowest BCUT2D eigenvalue weighted by atomic mass is 10.1. The number of hydrogen-bond donors (Lipinski definition) is 1. The first kappa shape index (κ1) is 18.1. The molecule has 0 bridgehead atoms. The molecule has 0 saturated carbocycles. The lowest BCUT2D eigenvalue weighted by molar-refractivity contribution is 0.0949. The van der Waals surface area contributed by atoms with Gasteiger partial charge < -0.3 is 14.5 Å². The van der Waals surface area contributed by atoms with Crippen LogP contribution in [-0.2, 0) is 20.1 Å². The molecule has 0 fully saturated rings. The highest BCUT2D eigenvalue weighted by Gasteiger charge is 2.14. The highest BCUT2D eigenvalue weighted by atomic mass is 16.1. The molecule has 0 unspecified atom stereocenters. The van der Waals surface area contributed by atoms with Gasteiger partial charge in [-0.25, -0.2) is 9.50 Å². The molecule has 0 aliphatic heterocycles. The minimum Gasteiger partial charge on any atom is -0.345 e. The molecule has 1 N–H and O–H groups in total. The summed E-state index contributed by atoms with van der Waals surface area (Å²) in [7, 11) is 1.93. The summed E-state index contributed by atoms with van der Waals surface area (Å²) < 4.78 is 5.25. The van der Waals surface area contributed by atoms with Crippen molar-refractivity contribution in [2.45, 2.75) is 20.0 Å². The molecule has 3 heterocycles. The van der Waals surface area contributed by atoms with E-state index in [0.717, 1.165) is 22.4 Å². The third-order valence-electron chi connectivity index (χ3n) is 5.47. The van der Waals surface area contributed by atoms with Crippen molar-refractivity contribution in [2.24, 2.45) is 7.05 Å². The molecule has 3 aromatic heterocycles. The van der Waals surface area contributed by atoms with Gasteiger partial charge in [0.05, 0.1) is 34.8 Å². The van der Waals surface area contributed by atoms with Gasteiger partial charge in [-0.2, -0.15) is 5.10 Å². The van der Waals surface area contributed by atoms with Gasteiger partial charge in [0.25, 0.3) is 11.5 Å². The van der Waals surface area contributed by atoms with Crippen molar-refractivity contribution in [3.05, 3.63) is 76.5 Å². The summed E-state index contributed by atoms with van der Waals surface area (Å²) in [6.07, 6.45) is 1.60. The molecule has 30 heavy (non-hydrogen) atoms. The predicted octanol–water partition coefficient (Wildman–Crippen LogP) is 2.49. The minimum atomic E-state index is -0.223. The number of benzene rings is 2. The average molecular weight is 400 g/mol. The number of amides is 1. The van der Waals surface area contributed by atoms with Crippen LogP contribution in [0.1, 0.15) is 23.1 Å². The number of carbonyl (C=O) groups excluding carboxylic acids is 1. The number of aromatic nitrogens is 5. The van der Waals surface area contributed by atoms with E-state index in [1.807, 2.05) is 48.9 Å². The fourth-order valence-electron chi connectivity index (χ4n) is 3.89. The Balaban J connectivity index is 1.49. The van der Waals surface area contributed by atoms with Crippen molar-refractivity contribution in [1.29, 1.82) is 0 Å². The number of imidazole rings is 1. The molecule has 0 radical (unpaired) electrons. The van der Waals surface area contributed by atoms with Gasteiger partial charge in [-0.1, -0.05) is 12.1 Å². The fraction of sp³-hybridized carbons (Fsp3) is 0.182. The first-order valence-electron chi connectivity index (χ1n) is 9.77. The maximum absolute atomic E-state index is 12.8. The summed E-state index contributed by atoms with van der Waals surface area (Å²) in [5.41, 5.74) is 4.24. The number of fused-ring (bicyclic) bond motifs is 4. The van der Waals surface area contributed by atoms with Crippen molar-refractivity contribution in [1.82, 2.24) is 29.0 Å². The Bertz CT molecular complexity index is 1490. The van der Waals surface area contributed by atoms with Gasteiger partial charge in [0.1, 0.15) is 11.3 Å². The second kappa shape index (κ2) is 6.84. The zero-order chi connectivity index (χ0) is 20.8. The van der Waals surface area contributed by atoms with Gasteiger partial charge in [0.15, 0.2) is 0 Å². The van der Waals surface area contributed by atoms with E-state index < -0.39 is 0 Å². The molecule has 2 aromatic carbocycles. The van der Waals surface area contributed by atoms with Crippen molar-refractivity contribution in [2.75, 3.05) is 0 Å². The molecule has 150 valence electrons. The quantitative estimate of drug-likeness (QED) is 0.502. The molecule has 0 aliphatic carbocycles. The Labute approximate surface area is 171 Å². The van der Waals surface area contributed by atoms with Crippen LogP contribution in [0.25, 0.3) is 27.6 Å². The number of nitrogens with one attached hydrogen (secondary N) is 1. The molecular formula is C22H20N6O2. The first-order chi connectivity index (χ1) is 14.6. The number of carbonyl (C=O) groups is 1. The lowest BCUT2D eigenvalue weighted by Crippen LogP contribution is -2.25. The maximum Gasteiger partial charge on any atom is 0.277 e. The molecule has 0 aliphatic rings. The van der Waals surface area contributed by atoms with Gasteiger partial charge in [0, 0.05) is 19.2 Å². The molecule has 5 aromatic rings. The lowest BCUT2D eigenvalue weighted by Gasteiger charge is -2.12. The van der Waals surface area contributed by atoms with Crippen LogP contribution < -0.4 is 10.9 Å². The molecule has 8 heteroatoms. The van der Waals surface area contributed by atoms with Crippen LogP contribution in [0, 0.1) is 0 Å². The van der Waals surface area contributed by atoms with E-state index in [2.05, 4.69) is 15.4 Å². The topological polar surface area (TPSA) is 86.2 Å². The fourth-order valence-corrected chi connectivity index (χ4v) is 3.89. The summed E-state index contributed by atoms with van der Waals surface area (Å²) in [5, 5.41) is 7.19. The van der Waals surface area contributed by atoms with Crippen LogP contribution in [0.4, 0.5) is 0 Å². The smallest absolute Gasteiger partial charge is 0.277 e. The second-order valence-electron chi connectivity index (χ2n) is 7.14. The van der Waals surface area contributed by atoms with E-state index >= 15 is 0 Å². The third kappa shape index (κ3) is 2.68. The average Bonchev–Trinajstić information content (AvgIpc) is 3.38. The zero-order valence-corrected chi connectivity index (χ0v) is 16.7. The molecule has 0 saturated heterocycles. The molecule has 0 spiro atoms. The maximum atomic E-state index is 12.8. The van der Waals surface area contributed by atoms with Gasteiger partial charge in [-0.05, 0) is 43.3 Å². The summed E-state index contributed by atoms with van der Waals surface area (Å²) in [6, 6.07) is 14.9. The van der Waals surface area contributed by atoms with Gasteiger partial charge in [-0.3, -0.25) is 9.59 Å². The Morgan fingerprint density at radius 2 is 1.87 bits per heavy atom. The van der Waals surface area contributed by atoms with Crippen molar-refractivity contribution in [3.8, 4) is 0 Å². The molecule has 1 amide bonds. The Hall–Kier alpha value is -3.94. The van der Waals surface area contributed by atoms with E-state index in [4.69, 9.17) is 0 Å². The summed E-state index contributed by atoms with van der Waals surface area (Å²) in [5.74, 6) is 0.550. The standard InChI is InChI=1S/C22H20N6O2/c1-3-27-19-12-14(8-9-17(19)28-18(22(27)30)10-11-24-28)21(29)23-13-20-25-15-6-4-5-7-16(15)26(20)2/h4-12H,3,13H2,1-2H3,(H,23,29). The minimum absolute atomic E-state index is 0.125. The molecule has 5 rings (SSSR count). The van der Waals surface area contributed by atoms with E-state index in [9.17, 15) is 9.59 Å². The predicted molar refractivity (Wildman–Crippen MR) is 115 cm³/mol. The van der Waals surface area contributed by atoms with Crippen LogP contribution >= 0.6 is 0 Å².